The first kappa shape index (κ1) is 16.7. The van der Waals surface area contributed by atoms with E-state index in [9.17, 15) is 14.4 Å². The number of primary amides is 1. The first-order valence-electron chi connectivity index (χ1n) is 7.95. The average Bonchev–Trinajstić information content (AvgIpc) is 3.12. The summed E-state index contributed by atoms with van der Waals surface area (Å²) in [4.78, 5) is 37.5. The Balaban J connectivity index is 2.09. The number of amides is 3. The standard InChI is InChI=1S/C15H25N3O4/c1-2-3-4-10(7-12(19)17-22)14(21)18-9-15(5-6-15)8-11(18)13(16)20/h10-11,22H,2-9H2,1H3,(H2,16,20)(H,17,19)/t10-,11+/m1/s1. The summed E-state index contributed by atoms with van der Waals surface area (Å²) in [6, 6.07) is -0.559. The number of unbranched alkanes of at least 4 members (excludes halogenated alkanes) is 1. The monoisotopic (exact) mass is 311 g/mol. The van der Waals surface area contributed by atoms with Crippen LogP contribution in [-0.4, -0.2) is 40.4 Å². The van der Waals surface area contributed by atoms with Gasteiger partial charge in [-0.05, 0) is 31.1 Å². The molecule has 124 valence electrons. The summed E-state index contributed by atoms with van der Waals surface area (Å²) in [6.07, 6.45) is 4.92. The van der Waals surface area contributed by atoms with E-state index in [0.717, 1.165) is 25.7 Å². The van der Waals surface area contributed by atoms with Crippen LogP contribution < -0.4 is 11.2 Å². The number of likely N-dealkylation sites (tertiary alicyclic amines) is 1. The molecule has 1 heterocycles. The summed E-state index contributed by atoms with van der Waals surface area (Å²) < 4.78 is 0. The molecule has 0 unspecified atom stereocenters. The molecule has 7 heteroatoms. The zero-order chi connectivity index (χ0) is 16.3. The molecule has 7 nitrogen and oxygen atoms in total. The molecule has 2 fully saturated rings. The molecule has 3 amide bonds. The van der Waals surface area contributed by atoms with E-state index in [4.69, 9.17) is 10.9 Å². The molecule has 1 saturated heterocycles. The summed E-state index contributed by atoms with van der Waals surface area (Å²) in [7, 11) is 0. The predicted octanol–water partition coefficient (Wildman–Crippen LogP) is 0.555. The van der Waals surface area contributed by atoms with E-state index < -0.39 is 23.8 Å². The van der Waals surface area contributed by atoms with Gasteiger partial charge in [-0.3, -0.25) is 19.6 Å². The Kier molecular flexibility index (Phi) is 5.05. The molecule has 1 aliphatic heterocycles. The minimum atomic E-state index is -0.578. The van der Waals surface area contributed by atoms with Crippen LogP contribution in [0.15, 0.2) is 0 Å². The quantitative estimate of drug-likeness (QED) is 0.471. The largest absolute Gasteiger partial charge is 0.368 e. The van der Waals surface area contributed by atoms with Crippen LogP contribution in [0.4, 0.5) is 0 Å². The van der Waals surface area contributed by atoms with Gasteiger partial charge in [-0.25, -0.2) is 5.48 Å². The Hall–Kier alpha value is -1.63. The van der Waals surface area contributed by atoms with Gasteiger partial charge in [-0.2, -0.15) is 0 Å². The molecule has 0 aromatic heterocycles. The molecule has 1 saturated carbocycles. The normalized spacial score (nSPS) is 23.4. The van der Waals surface area contributed by atoms with Gasteiger partial charge in [0, 0.05) is 18.9 Å². The summed E-state index contributed by atoms with van der Waals surface area (Å²) >= 11 is 0. The van der Waals surface area contributed by atoms with E-state index in [-0.39, 0.29) is 17.7 Å². The van der Waals surface area contributed by atoms with Crippen molar-refractivity contribution in [3.05, 3.63) is 0 Å². The fourth-order valence-corrected chi connectivity index (χ4v) is 3.35. The van der Waals surface area contributed by atoms with E-state index in [2.05, 4.69) is 0 Å². The molecule has 1 aliphatic carbocycles. The molecule has 0 aromatic carbocycles. The highest BCUT2D eigenvalue weighted by Gasteiger charge is 2.55. The van der Waals surface area contributed by atoms with Crippen LogP contribution in [0, 0.1) is 11.3 Å². The van der Waals surface area contributed by atoms with Gasteiger partial charge in [0.05, 0.1) is 0 Å². The fraction of sp³-hybridized carbons (Fsp3) is 0.800. The van der Waals surface area contributed by atoms with Crippen LogP contribution in [0.25, 0.3) is 0 Å². The number of nitrogens with zero attached hydrogens (tertiary/aromatic N) is 1. The molecule has 0 aromatic rings. The van der Waals surface area contributed by atoms with Crippen molar-refractivity contribution in [1.29, 1.82) is 0 Å². The van der Waals surface area contributed by atoms with Crippen LogP contribution >= 0.6 is 0 Å². The summed E-state index contributed by atoms with van der Waals surface area (Å²) in [6.45, 7) is 2.57. The maximum Gasteiger partial charge on any atom is 0.244 e. The molecular formula is C15H25N3O4. The Morgan fingerprint density at radius 3 is 2.59 bits per heavy atom. The highest BCUT2D eigenvalue weighted by Crippen LogP contribution is 2.55. The third-order valence-electron chi connectivity index (χ3n) is 4.89. The van der Waals surface area contributed by atoms with Gasteiger partial charge < -0.3 is 10.6 Å². The SMILES string of the molecule is CCCC[C@H](CC(=O)NO)C(=O)N1CC2(CC2)C[C@H]1C(N)=O. The lowest BCUT2D eigenvalue weighted by atomic mass is 9.96. The average molecular weight is 311 g/mol. The van der Waals surface area contributed by atoms with Crippen molar-refractivity contribution >= 4 is 17.7 Å². The Labute approximate surface area is 130 Å². The lowest BCUT2D eigenvalue weighted by molar-refractivity contribution is -0.144. The van der Waals surface area contributed by atoms with E-state index >= 15 is 0 Å². The molecule has 22 heavy (non-hydrogen) atoms. The van der Waals surface area contributed by atoms with Gasteiger partial charge in [0.2, 0.25) is 17.7 Å². The Bertz CT molecular complexity index is 462. The van der Waals surface area contributed by atoms with E-state index in [1.54, 1.807) is 10.4 Å². The van der Waals surface area contributed by atoms with Gasteiger partial charge in [0.1, 0.15) is 6.04 Å². The van der Waals surface area contributed by atoms with E-state index in [1.807, 2.05) is 6.92 Å². The summed E-state index contributed by atoms with van der Waals surface area (Å²) in [5.74, 6) is -1.75. The van der Waals surface area contributed by atoms with Crippen LogP contribution in [-0.2, 0) is 14.4 Å². The molecular weight excluding hydrogens is 286 g/mol. The number of hydroxylamine groups is 1. The van der Waals surface area contributed by atoms with Crippen molar-refractivity contribution in [3.8, 4) is 0 Å². The second-order valence-electron chi connectivity index (χ2n) is 6.67. The second kappa shape index (κ2) is 6.64. The fourth-order valence-electron chi connectivity index (χ4n) is 3.35. The number of nitrogens with two attached hydrogens (primary N) is 1. The molecule has 2 atom stereocenters. The van der Waals surface area contributed by atoms with Gasteiger partial charge in [0.25, 0.3) is 0 Å². The van der Waals surface area contributed by atoms with Crippen LogP contribution in [0.3, 0.4) is 0 Å². The minimum Gasteiger partial charge on any atom is -0.368 e. The van der Waals surface area contributed by atoms with Crippen molar-refractivity contribution in [1.82, 2.24) is 10.4 Å². The minimum absolute atomic E-state index is 0.0652. The van der Waals surface area contributed by atoms with E-state index in [1.165, 1.54) is 0 Å². The number of rotatable bonds is 7. The topological polar surface area (TPSA) is 113 Å². The summed E-state index contributed by atoms with van der Waals surface area (Å²) in [5.41, 5.74) is 7.10. The number of hydrogen-bond acceptors (Lipinski definition) is 4. The third kappa shape index (κ3) is 3.58. The molecule has 2 aliphatic rings. The Morgan fingerprint density at radius 1 is 1.41 bits per heavy atom. The van der Waals surface area contributed by atoms with Gasteiger partial charge in [0.15, 0.2) is 0 Å². The summed E-state index contributed by atoms with van der Waals surface area (Å²) in [5, 5.41) is 8.69. The first-order valence-corrected chi connectivity index (χ1v) is 7.95. The number of hydrogen-bond donors (Lipinski definition) is 3. The number of carbonyl (C=O) groups is 3. The predicted molar refractivity (Wildman–Crippen MR) is 78.5 cm³/mol. The third-order valence-corrected chi connectivity index (χ3v) is 4.89. The van der Waals surface area contributed by atoms with E-state index in [0.29, 0.717) is 19.4 Å². The highest BCUT2D eigenvalue weighted by molar-refractivity contribution is 5.90. The molecule has 2 rings (SSSR count). The molecule has 0 bridgehead atoms. The second-order valence-corrected chi connectivity index (χ2v) is 6.67. The number of carbonyl (C=O) groups excluding carboxylic acids is 3. The van der Waals surface area contributed by atoms with Crippen molar-refractivity contribution < 1.29 is 19.6 Å². The van der Waals surface area contributed by atoms with Gasteiger partial charge >= 0.3 is 0 Å². The first-order chi connectivity index (χ1) is 10.4. The lowest BCUT2D eigenvalue weighted by Crippen LogP contribution is -2.46. The zero-order valence-electron chi connectivity index (χ0n) is 13.0. The van der Waals surface area contributed by atoms with Crippen molar-refractivity contribution in [3.63, 3.8) is 0 Å². The van der Waals surface area contributed by atoms with Crippen LogP contribution in [0.5, 0.6) is 0 Å². The van der Waals surface area contributed by atoms with Crippen molar-refractivity contribution in [2.45, 2.75) is 57.9 Å². The maximum atomic E-state index is 12.8. The highest BCUT2D eigenvalue weighted by atomic mass is 16.5. The lowest BCUT2D eigenvalue weighted by Gasteiger charge is -2.27. The smallest absolute Gasteiger partial charge is 0.244 e. The Morgan fingerprint density at radius 2 is 2.09 bits per heavy atom. The van der Waals surface area contributed by atoms with Gasteiger partial charge in [-0.1, -0.05) is 19.8 Å². The maximum absolute atomic E-state index is 12.8. The molecule has 1 spiro atoms. The van der Waals surface area contributed by atoms with Gasteiger partial charge in [-0.15, -0.1) is 0 Å². The van der Waals surface area contributed by atoms with Crippen molar-refractivity contribution in [2.24, 2.45) is 17.1 Å². The van der Waals surface area contributed by atoms with Crippen LogP contribution in [0.1, 0.15) is 51.9 Å². The molecule has 0 radical (unpaired) electrons. The van der Waals surface area contributed by atoms with Crippen molar-refractivity contribution in [2.75, 3.05) is 6.54 Å². The zero-order valence-corrected chi connectivity index (χ0v) is 13.0. The number of nitrogens with one attached hydrogen (secondary N) is 1. The molecule has 4 N–H and O–H groups in total. The van der Waals surface area contributed by atoms with Crippen LogP contribution in [0.2, 0.25) is 0 Å².